The lowest BCUT2D eigenvalue weighted by molar-refractivity contribution is 0.170. The third kappa shape index (κ3) is 3.70. The molecule has 1 aliphatic heterocycles. The van der Waals surface area contributed by atoms with E-state index in [4.69, 9.17) is 0 Å². The number of hydrogen-bond acceptors (Lipinski definition) is 6. The standard InChI is InChI=1S/C20H19FN6OS/c21-14-3-1-13(2-4-14)17-9-16-19(29-17)20(28)25-18(24-16)10-26-7-5-15(6-8-26)27-12-22-11-23-27/h1-4,9,11-12,15H,5-8,10H2,(H,24,25,28). The van der Waals surface area contributed by atoms with Crippen LogP contribution >= 0.6 is 11.3 Å². The molecule has 1 aromatic carbocycles. The topological polar surface area (TPSA) is 79.7 Å². The first-order valence-electron chi connectivity index (χ1n) is 9.51. The first kappa shape index (κ1) is 18.1. The van der Waals surface area contributed by atoms with Crippen molar-refractivity contribution in [3.8, 4) is 10.4 Å². The van der Waals surface area contributed by atoms with Crippen molar-refractivity contribution in [3.05, 3.63) is 65.0 Å². The van der Waals surface area contributed by atoms with E-state index < -0.39 is 0 Å². The van der Waals surface area contributed by atoms with Crippen LogP contribution in [0.1, 0.15) is 24.7 Å². The minimum Gasteiger partial charge on any atom is -0.308 e. The van der Waals surface area contributed by atoms with Gasteiger partial charge in [-0.2, -0.15) is 5.10 Å². The maximum absolute atomic E-state index is 13.2. The van der Waals surface area contributed by atoms with E-state index in [1.165, 1.54) is 23.5 Å². The Morgan fingerprint density at radius 1 is 1.21 bits per heavy atom. The highest BCUT2D eigenvalue weighted by molar-refractivity contribution is 7.22. The van der Waals surface area contributed by atoms with Crippen molar-refractivity contribution in [2.45, 2.75) is 25.4 Å². The number of nitrogens with zero attached hydrogens (tertiary/aromatic N) is 5. The summed E-state index contributed by atoms with van der Waals surface area (Å²) in [5.74, 6) is 0.394. The summed E-state index contributed by atoms with van der Waals surface area (Å²) in [4.78, 5) is 27.4. The van der Waals surface area contributed by atoms with Gasteiger partial charge in [-0.25, -0.2) is 19.0 Å². The Hall–Kier alpha value is -2.91. The van der Waals surface area contributed by atoms with E-state index in [0.29, 0.717) is 28.6 Å². The Morgan fingerprint density at radius 3 is 2.72 bits per heavy atom. The Kier molecular flexibility index (Phi) is 4.69. The Labute approximate surface area is 169 Å². The zero-order valence-corrected chi connectivity index (χ0v) is 16.4. The fourth-order valence-corrected chi connectivity index (χ4v) is 4.78. The van der Waals surface area contributed by atoms with Crippen molar-refractivity contribution in [1.29, 1.82) is 0 Å². The van der Waals surface area contributed by atoms with Crippen LogP contribution < -0.4 is 5.56 Å². The predicted octanol–water partition coefficient (Wildman–Crippen LogP) is 3.22. The molecule has 29 heavy (non-hydrogen) atoms. The lowest BCUT2D eigenvalue weighted by Gasteiger charge is -2.31. The zero-order valence-electron chi connectivity index (χ0n) is 15.6. The molecule has 0 amide bonds. The van der Waals surface area contributed by atoms with E-state index in [9.17, 15) is 9.18 Å². The van der Waals surface area contributed by atoms with Crippen molar-refractivity contribution in [3.63, 3.8) is 0 Å². The number of aromatic amines is 1. The second kappa shape index (κ2) is 7.49. The number of thiophene rings is 1. The lowest BCUT2D eigenvalue weighted by Crippen LogP contribution is -2.35. The summed E-state index contributed by atoms with van der Waals surface area (Å²) in [6, 6.07) is 8.56. The minimum atomic E-state index is -0.277. The molecule has 0 bridgehead atoms. The number of piperidine rings is 1. The smallest absolute Gasteiger partial charge is 0.268 e. The molecule has 0 spiro atoms. The van der Waals surface area contributed by atoms with Crippen molar-refractivity contribution in [2.75, 3.05) is 13.1 Å². The summed E-state index contributed by atoms with van der Waals surface area (Å²) in [7, 11) is 0. The molecule has 5 rings (SSSR count). The van der Waals surface area contributed by atoms with E-state index in [1.807, 2.05) is 10.7 Å². The van der Waals surface area contributed by atoms with Crippen LogP contribution in [0.4, 0.5) is 4.39 Å². The second-order valence-corrected chi connectivity index (χ2v) is 8.28. The molecule has 9 heteroatoms. The van der Waals surface area contributed by atoms with Gasteiger partial charge in [-0.3, -0.25) is 9.69 Å². The first-order chi connectivity index (χ1) is 14.2. The summed E-state index contributed by atoms with van der Waals surface area (Å²) < 4.78 is 15.7. The van der Waals surface area contributed by atoms with Crippen LogP contribution in [0.25, 0.3) is 20.7 Å². The SMILES string of the molecule is O=c1[nH]c(CN2CCC(n3cncn3)CC2)nc2cc(-c3ccc(F)cc3)sc12. The number of likely N-dealkylation sites (tertiary alicyclic amines) is 1. The van der Waals surface area contributed by atoms with E-state index in [2.05, 4.69) is 25.0 Å². The van der Waals surface area contributed by atoms with E-state index in [0.717, 1.165) is 36.4 Å². The third-order valence-electron chi connectivity index (χ3n) is 5.30. The summed E-state index contributed by atoms with van der Waals surface area (Å²) in [6.07, 6.45) is 5.31. The van der Waals surface area contributed by atoms with Crippen molar-refractivity contribution in [1.82, 2.24) is 29.6 Å². The van der Waals surface area contributed by atoms with Crippen LogP contribution in [-0.2, 0) is 6.54 Å². The van der Waals surface area contributed by atoms with Crippen LogP contribution in [-0.4, -0.2) is 42.7 Å². The monoisotopic (exact) mass is 410 g/mol. The molecule has 3 aromatic heterocycles. The van der Waals surface area contributed by atoms with Crippen LogP contribution in [0.3, 0.4) is 0 Å². The molecule has 0 aliphatic carbocycles. The molecule has 148 valence electrons. The number of rotatable bonds is 4. The first-order valence-corrected chi connectivity index (χ1v) is 10.3. The summed E-state index contributed by atoms with van der Waals surface area (Å²) in [5.41, 5.74) is 1.44. The fraction of sp³-hybridized carbons (Fsp3) is 0.300. The Morgan fingerprint density at radius 2 is 2.00 bits per heavy atom. The van der Waals surface area contributed by atoms with Gasteiger partial charge in [0.15, 0.2) is 0 Å². The lowest BCUT2D eigenvalue weighted by atomic mass is 10.1. The average Bonchev–Trinajstić information content (AvgIpc) is 3.39. The normalized spacial score (nSPS) is 15.9. The summed E-state index contributed by atoms with van der Waals surface area (Å²) in [6.45, 7) is 2.43. The number of nitrogens with one attached hydrogen (secondary N) is 1. The van der Waals surface area contributed by atoms with Gasteiger partial charge >= 0.3 is 0 Å². The van der Waals surface area contributed by atoms with Crippen molar-refractivity contribution in [2.24, 2.45) is 0 Å². The highest BCUT2D eigenvalue weighted by Gasteiger charge is 2.22. The van der Waals surface area contributed by atoms with Gasteiger partial charge in [-0.15, -0.1) is 11.3 Å². The van der Waals surface area contributed by atoms with Gasteiger partial charge in [0.05, 0.1) is 18.1 Å². The third-order valence-corrected chi connectivity index (χ3v) is 6.47. The molecule has 1 N–H and O–H groups in total. The van der Waals surface area contributed by atoms with Crippen LogP contribution in [0.5, 0.6) is 0 Å². The largest absolute Gasteiger partial charge is 0.308 e. The molecule has 0 radical (unpaired) electrons. The fourth-order valence-electron chi connectivity index (χ4n) is 3.78. The molecular formula is C20H19FN6OS. The zero-order chi connectivity index (χ0) is 19.8. The average molecular weight is 410 g/mol. The molecule has 1 aliphatic rings. The number of aromatic nitrogens is 5. The van der Waals surface area contributed by atoms with Gasteiger partial charge in [0.2, 0.25) is 0 Å². The second-order valence-electron chi connectivity index (χ2n) is 7.23. The van der Waals surface area contributed by atoms with Gasteiger partial charge in [-0.05, 0) is 36.6 Å². The Bertz CT molecular complexity index is 1180. The predicted molar refractivity (Wildman–Crippen MR) is 109 cm³/mol. The number of hydrogen-bond donors (Lipinski definition) is 1. The molecule has 1 saturated heterocycles. The molecule has 4 heterocycles. The Balaban J connectivity index is 1.33. The van der Waals surface area contributed by atoms with Crippen molar-refractivity contribution < 1.29 is 4.39 Å². The quantitative estimate of drug-likeness (QED) is 0.559. The maximum Gasteiger partial charge on any atom is 0.268 e. The van der Waals surface area contributed by atoms with Gasteiger partial charge < -0.3 is 4.98 Å². The molecule has 1 fully saturated rings. The molecular weight excluding hydrogens is 391 g/mol. The van der Waals surface area contributed by atoms with Gasteiger partial charge in [-0.1, -0.05) is 12.1 Å². The molecule has 4 aromatic rings. The van der Waals surface area contributed by atoms with E-state index in [-0.39, 0.29) is 11.4 Å². The van der Waals surface area contributed by atoms with Crippen LogP contribution in [0.2, 0.25) is 0 Å². The number of halogens is 1. The molecule has 7 nitrogen and oxygen atoms in total. The molecule has 0 unspecified atom stereocenters. The van der Waals surface area contributed by atoms with Crippen LogP contribution in [0.15, 0.2) is 47.8 Å². The number of fused-ring (bicyclic) bond motifs is 1. The highest BCUT2D eigenvalue weighted by atomic mass is 32.1. The summed E-state index contributed by atoms with van der Waals surface area (Å²) >= 11 is 1.38. The van der Waals surface area contributed by atoms with Gasteiger partial charge in [0, 0.05) is 18.0 Å². The van der Waals surface area contributed by atoms with Crippen LogP contribution in [0, 0.1) is 5.82 Å². The minimum absolute atomic E-state index is 0.124. The van der Waals surface area contributed by atoms with E-state index in [1.54, 1.807) is 24.8 Å². The highest BCUT2D eigenvalue weighted by Crippen LogP contribution is 2.31. The molecule has 0 saturated carbocycles. The van der Waals surface area contributed by atoms with Gasteiger partial charge in [0.25, 0.3) is 5.56 Å². The maximum atomic E-state index is 13.2. The number of benzene rings is 1. The number of H-pyrrole nitrogens is 1. The summed E-state index contributed by atoms with van der Waals surface area (Å²) in [5, 5.41) is 4.23. The van der Waals surface area contributed by atoms with E-state index >= 15 is 0 Å². The van der Waals surface area contributed by atoms with Crippen molar-refractivity contribution >= 4 is 21.6 Å². The van der Waals surface area contributed by atoms with Gasteiger partial charge in [0.1, 0.15) is 29.0 Å². The molecule has 0 atom stereocenters.